The SMILES string of the molecule is CCCCCCCCCCCCCCCCCC(=O)OP(=O)([O-])[O-].[Na+].[Na+]. The fourth-order valence-electron chi connectivity index (χ4n) is 2.81. The summed E-state index contributed by atoms with van der Waals surface area (Å²) in [6.07, 6.45) is 18.4. The molecule has 0 aliphatic heterocycles. The Bertz CT molecular complexity index is 350. The minimum Gasteiger partial charge on any atom is -0.780 e. The number of rotatable bonds is 17. The smallest absolute Gasteiger partial charge is 0.780 e. The molecule has 0 radical (unpaired) electrons. The first kappa shape index (κ1) is 32.3. The van der Waals surface area contributed by atoms with Gasteiger partial charge in [-0.3, -0.25) is 4.79 Å². The van der Waals surface area contributed by atoms with Crippen LogP contribution in [-0.2, 0) is 13.9 Å². The van der Waals surface area contributed by atoms with Crippen LogP contribution < -0.4 is 68.9 Å². The molecule has 0 saturated heterocycles. The van der Waals surface area contributed by atoms with Gasteiger partial charge in [-0.25, -0.2) is 0 Å². The van der Waals surface area contributed by atoms with Gasteiger partial charge in [-0.1, -0.05) is 96.8 Å². The third-order valence-electron chi connectivity index (χ3n) is 4.20. The van der Waals surface area contributed by atoms with Gasteiger partial charge in [0.05, 0.1) is 0 Å². The number of carbonyl (C=O) groups is 1. The van der Waals surface area contributed by atoms with Crippen molar-refractivity contribution in [2.45, 2.75) is 110 Å². The van der Waals surface area contributed by atoms with Crippen LogP contribution in [0.4, 0.5) is 0 Å². The summed E-state index contributed by atoms with van der Waals surface area (Å²) in [5, 5.41) is 0. The summed E-state index contributed by atoms with van der Waals surface area (Å²) in [7, 11) is -5.16. The summed E-state index contributed by atoms with van der Waals surface area (Å²) in [6.45, 7) is 2.25. The van der Waals surface area contributed by atoms with E-state index in [9.17, 15) is 19.1 Å². The quantitative estimate of drug-likeness (QED) is 0.168. The largest absolute Gasteiger partial charge is 1.00 e. The van der Waals surface area contributed by atoms with E-state index < -0.39 is 13.8 Å². The fourth-order valence-corrected chi connectivity index (χ4v) is 3.15. The van der Waals surface area contributed by atoms with Gasteiger partial charge in [0.2, 0.25) is 0 Å². The molecular formula is C18H35Na2O5P. The molecule has 0 fully saturated rings. The zero-order chi connectivity index (χ0) is 18.1. The second-order valence-corrected chi connectivity index (χ2v) is 7.69. The molecule has 8 heteroatoms. The van der Waals surface area contributed by atoms with Gasteiger partial charge in [0.15, 0.2) is 0 Å². The van der Waals surface area contributed by atoms with E-state index in [1.54, 1.807) is 0 Å². The van der Waals surface area contributed by atoms with Crippen molar-refractivity contribution < 1.29 is 82.8 Å². The minimum atomic E-state index is -5.16. The van der Waals surface area contributed by atoms with Gasteiger partial charge >= 0.3 is 65.1 Å². The van der Waals surface area contributed by atoms with Gasteiger partial charge in [-0.05, 0) is 6.42 Å². The van der Waals surface area contributed by atoms with Crippen LogP contribution in [0.2, 0.25) is 0 Å². The molecule has 0 aromatic heterocycles. The van der Waals surface area contributed by atoms with E-state index >= 15 is 0 Å². The van der Waals surface area contributed by atoms with Crippen LogP contribution in [0.5, 0.6) is 0 Å². The molecule has 144 valence electrons. The Labute approximate surface area is 204 Å². The van der Waals surface area contributed by atoms with Crippen molar-refractivity contribution in [3.05, 3.63) is 0 Å². The van der Waals surface area contributed by atoms with Gasteiger partial charge in [-0.15, -0.1) is 0 Å². The van der Waals surface area contributed by atoms with Crippen molar-refractivity contribution in [3.63, 3.8) is 0 Å². The number of carbonyl (C=O) groups excluding carboxylic acids is 1. The topological polar surface area (TPSA) is 89.5 Å². The molecular weight excluding hydrogens is 373 g/mol. The molecule has 5 nitrogen and oxygen atoms in total. The van der Waals surface area contributed by atoms with Crippen LogP contribution in [0, 0.1) is 0 Å². The zero-order valence-corrected chi connectivity index (χ0v) is 22.2. The monoisotopic (exact) mass is 408 g/mol. The van der Waals surface area contributed by atoms with Crippen molar-refractivity contribution >= 4 is 13.8 Å². The Morgan fingerprint density at radius 1 is 0.692 bits per heavy atom. The van der Waals surface area contributed by atoms with Crippen LogP contribution >= 0.6 is 7.82 Å². The molecule has 0 aliphatic carbocycles. The van der Waals surface area contributed by atoms with Crippen LogP contribution in [0.1, 0.15) is 110 Å². The van der Waals surface area contributed by atoms with E-state index in [1.807, 2.05) is 0 Å². The first-order valence-corrected chi connectivity index (χ1v) is 11.2. The Kier molecular flexibility index (Phi) is 28.4. The normalized spacial score (nSPS) is 10.7. The summed E-state index contributed by atoms with van der Waals surface area (Å²) in [4.78, 5) is 31.5. The van der Waals surface area contributed by atoms with Crippen LogP contribution in [0.3, 0.4) is 0 Å². The molecule has 0 aromatic carbocycles. The van der Waals surface area contributed by atoms with Crippen molar-refractivity contribution in [2.75, 3.05) is 0 Å². The molecule has 0 rings (SSSR count). The maximum absolute atomic E-state index is 11.0. The average molecular weight is 408 g/mol. The summed E-state index contributed by atoms with van der Waals surface area (Å²) in [5.41, 5.74) is 0. The van der Waals surface area contributed by atoms with E-state index in [-0.39, 0.29) is 65.5 Å². The predicted molar refractivity (Wildman–Crippen MR) is 93.2 cm³/mol. The van der Waals surface area contributed by atoms with E-state index in [4.69, 9.17) is 0 Å². The van der Waals surface area contributed by atoms with Crippen LogP contribution in [-0.4, -0.2) is 5.97 Å². The Morgan fingerprint density at radius 3 is 1.31 bits per heavy atom. The van der Waals surface area contributed by atoms with E-state index in [0.717, 1.165) is 19.3 Å². The zero-order valence-electron chi connectivity index (χ0n) is 17.3. The first-order valence-electron chi connectivity index (χ1n) is 9.70. The Morgan fingerprint density at radius 2 is 1.00 bits per heavy atom. The number of phosphoric acid groups is 1. The summed E-state index contributed by atoms with van der Waals surface area (Å²) in [6, 6.07) is 0. The number of phosphoric ester groups is 1. The molecule has 26 heavy (non-hydrogen) atoms. The van der Waals surface area contributed by atoms with Gasteiger partial charge in [-0.2, -0.15) is 0 Å². The molecule has 0 unspecified atom stereocenters. The molecule has 0 N–H and O–H groups in total. The summed E-state index contributed by atoms with van der Waals surface area (Å²) >= 11 is 0. The minimum absolute atomic E-state index is 0. The second-order valence-electron chi connectivity index (χ2n) is 6.61. The van der Waals surface area contributed by atoms with Gasteiger partial charge in [0, 0.05) is 6.42 Å². The summed E-state index contributed by atoms with van der Waals surface area (Å²) < 4.78 is 14.0. The molecule has 0 bridgehead atoms. The molecule has 0 spiro atoms. The van der Waals surface area contributed by atoms with Crippen LogP contribution in [0.25, 0.3) is 0 Å². The van der Waals surface area contributed by atoms with Crippen LogP contribution in [0.15, 0.2) is 0 Å². The Hall–Kier alpha value is 1.62. The molecule has 0 amide bonds. The number of unbranched alkanes of at least 4 members (excludes halogenated alkanes) is 14. The summed E-state index contributed by atoms with van der Waals surface area (Å²) in [5.74, 6) is -0.932. The molecule has 0 heterocycles. The molecule has 0 aromatic rings. The van der Waals surface area contributed by atoms with Gasteiger partial charge < -0.3 is 18.9 Å². The van der Waals surface area contributed by atoms with Gasteiger partial charge in [0.1, 0.15) is 7.82 Å². The molecule has 0 aliphatic rings. The first-order chi connectivity index (χ1) is 11.5. The molecule has 0 saturated carbocycles. The van der Waals surface area contributed by atoms with E-state index in [1.165, 1.54) is 70.6 Å². The van der Waals surface area contributed by atoms with Crippen molar-refractivity contribution in [1.82, 2.24) is 0 Å². The maximum Gasteiger partial charge on any atom is 1.00 e. The fraction of sp³-hybridized carbons (Fsp3) is 0.944. The van der Waals surface area contributed by atoms with Crippen molar-refractivity contribution in [2.24, 2.45) is 0 Å². The van der Waals surface area contributed by atoms with Crippen molar-refractivity contribution in [3.8, 4) is 0 Å². The van der Waals surface area contributed by atoms with E-state index in [2.05, 4.69) is 11.4 Å². The van der Waals surface area contributed by atoms with Gasteiger partial charge in [0.25, 0.3) is 0 Å². The number of hydrogen-bond acceptors (Lipinski definition) is 5. The molecule has 0 atom stereocenters. The third kappa shape index (κ3) is 27.8. The average Bonchev–Trinajstić information content (AvgIpc) is 2.49. The second kappa shape index (κ2) is 22.9. The Balaban J connectivity index is -0.00000264. The van der Waals surface area contributed by atoms with Crippen molar-refractivity contribution in [1.29, 1.82) is 0 Å². The number of hydrogen-bond donors (Lipinski definition) is 0. The van der Waals surface area contributed by atoms with E-state index in [0.29, 0.717) is 6.42 Å². The standard InChI is InChI=1S/C18H37O5P.2Na/c1-2-3-4-5-6-7-8-9-10-11-12-13-14-15-16-17-18(19)23-24(20,21)22;;/h2-17H2,1H3,(H2,20,21,22);;/q;2*+1/p-2. The maximum atomic E-state index is 11.0. The third-order valence-corrected chi connectivity index (χ3v) is 4.63. The predicted octanol–water partition coefficient (Wildman–Crippen LogP) is -1.37.